The zero-order valence-electron chi connectivity index (χ0n) is 43.0. The minimum absolute atomic E-state index is 0.00162. The number of hydrogen-bond donors (Lipinski definition) is 0. The molecule has 354 valence electrons. The number of furan rings is 2. The van der Waals surface area contributed by atoms with Crippen molar-refractivity contribution in [3.8, 4) is 22.3 Å². The van der Waals surface area contributed by atoms with Crippen LogP contribution in [-0.2, 0) is 21.7 Å². The molecule has 2 aliphatic heterocycles. The second-order valence-electron chi connectivity index (χ2n) is 24.4. The molecule has 0 fully saturated rings. The van der Waals surface area contributed by atoms with Gasteiger partial charge in [-0.05, 0) is 152 Å². The summed E-state index contributed by atoms with van der Waals surface area (Å²) in [6, 6.07) is 55.6. The summed E-state index contributed by atoms with van der Waals surface area (Å²) < 4.78 is 16.3. The summed E-state index contributed by atoms with van der Waals surface area (Å²) in [7, 11) is 0. The number of nitrogens with zero attached hydrogens (tertiary/aromatic N) is 2. The third-order valence-electron chi connectivity index (χ3n) is 16.9. The van der Waals surface area contributed by atoms with Gasteiger partial charge in [-0.15, -0.1) is 11.3 Å². The molecule has 3 aliphatic rings. The van der Waals surface area contributed by atoms with Gasteiger partial charge in [-0.1, -0.05) is 136 Å². The first-order chi connectivity index (χ1) is 34.4. The van der Waals surface area contributed by atoms with E-state index < -0.39 is 0 Å². The van der Waals surface area contributed by atoms with Crippen LogP contribution in [0.25, 0.3) is 75.3 Å². The largest absolute Gasteiger partial charge is 0.464 e. The van der Waals surface area contributed by atoms with E-state index in [1.54, 1.807) is 0 Å². The maximum absolute atomic E-state index is 7.26. The van der Waals surface area contributed by atoms with Gasteiger partial charge in [-0.2, -0.15) is 0 Å². The number of para-hydroxylation sites is 1. The summed E-state index contributed by atoms with van der Waals surface area (Å²) in [5.74, 6) is 0. The molecule has 3 aromatic heterocycles. The maximum atomic E-state index is 7.26. The van der Waals surface area contributed by atoms with E-state index in [4.69, 9.17) is 8.83 Å². The van der Waals surface area contributed by atoms with Crippen molar-refractivity contribution in [2.24, 2.45) is 0 Å². The third kappa shape index (κ3) is 6.30. The lowest BCUT2D eigenvalue weighted by atomic mass is 9.43. The Morgan fingerprint density at radius 2 is 1.22 bits per heavy atom. The first-order valence-corrected chi connectivity index (χ1v) is 26.7. The van der Waals surface area contributed by atoms with E-state index in [0.29, 0.717) is 0 Å². The van der Waals surface area contributed by atoms with E-state index in [0.717, 1.165) is 61.2 Å². The van der Waals surface area contributed by atoms with Gasteiger partial charge in [0.25, 0.3) is 0 Å². The molecule has 72 heavy (non-hydrogen) atoms. The number of anilines is 5. The van der Waals surface area contributed by atoms with E-state index in [1.807, 2.05) is 17.6 Å². The molecule has 0 radical (unpaired) electrons. The molecule has 8 aromatic carbocycles. The zero-order chi connectivity index (χ0) is 49.4. The van der Waals surface area contributed by atoms with Crippen LogP contribution in [-0.4, -0.2) is 6.85 Å². The molecule has 4 nitrogen and oxygen atoms in total. The Hall–Kier alpha value is -7.02. The fourth-order valence-electron chi connectivity index (χ4n) is 12.7. The predicted molar refractivity (Wildman–Crippen MR) is 308 cm³/mol. The van der Waals surface area contributed by atoms with Crippen LogP contribution in [0.4, 0.5) is 28.4 Å². The van der Waals surface area contributed by atoms with Gasteiger partial charge >= 0.3 is 6.85 Å². The van der Waals surface area contributed by atoms with Crippen molar-refractivity contribution in [3.63, 3.8) is 0 Å². The number of fused-ring (bicyclic) bond motifs is 13. The molecule has 0 saturated heterocycles. The molecule has 14 rings (SSSR count). The van der Waals surface area contributed by atoms with Gasteiger partial charge < -0.3 is 18.5 Å². The first kappa shape index (κ1) is 43.7. The van der Waals surface area contributed by atoms with Crippen molar-refractivity contribution in [2.75, 3.05) is 9.71 Å². The standard InChI is InChI=1S/C66H59BN2O2S/c1-63(2,3)40-20-23-42(24-21-40)69-53-37-59-45(46-33-49-50(35-58(46)72-59)66(9,10)28-27-65(49,7)8)32-48(53)60-61-55(34-47-43-18-14-15-19-56(43)71-62(47)60)68(54-30-39-26-29-70-57(39)36-51(54)67(61)69)52-25-22-41(64(4,5)6)31-44(52)38-16-12-11-13-17-38/h11-26,29-37H,27-28H2,1-10H3. The summed E-state index contributed by atoms with van der Waals surface area (Å²) in [6.07, 6.45) is 4.20. The SMILES string of the molecule is CC(C)(C)c1ccc(N2B3c4cc5occc5cc4N(c4ccc(C(C)(C)C)cc4-c4ccccc4)c4cc5c(oc6ccccc65)c(c43)-c3cc4c(cc32)sc2cc3c(cc24)C(C)(C)CCC3(C)C)cc1. The lowest BCUT2D eigenvalue weighted by Gasteiger charge is -2.46. The van der Waals surface area contributed by atoms with E-state index in [2.05, 4.69) is 225 Å². The quantitative estimate of drug-likeness (QED) is 0.165. The molecule has 0 saturated carbocycles. The molecule has 0 atom stereocenters. The zero-order valence-corrected chi connectivity index (χ0v) is 43.9. The van der Waals surface area contributed by atoms with Crippen molar-refractivity contribution < 1.29 is 8.83 Å². The highest BCUT2D eigenvalue weighted by molar-refractivity contribution is 7.26. The molecule has 0 spiro atoms. The molecular formula is C66H59BN2O2S. The average Bonchev–Trinajstić information content (AvgIpc) is 4.08. The molecule has 0 unspecified atom stereocenters. The van der Waals surface area contributed by atoms with E-state index >= 15 is 0 Å². The van der Waals surface area contributed by atoms with Crippen molar-refractivity contribution in [3.05, 3.63) is 174 Å². The van der Waals surface area contributed by atoms with Crippen LogP contribution < -0.4 is 20.6 Å². The Balaban J connectivity index is 1.15. The Morgan fingerprint density at radius 1 is 0.542 bits per heavy atom. The molecule has 5 heterocycles. The first-order valence-electron chi connectivity index (χ1n) is 25.9. The molecule has 0 amide bonds. The average molecular weight is 955 g/mol. The van der Waals surface area contributed by atoms with Crippen molar-refractivity contribution >= 4 is 111 Å². The molecule has 0 bridgehead atoms. The highest BCUT2D eigenvalue weighted by Gasteiger charge is 2.48. The molecular weight excluding hydrogens is 896 g/mol. The Morgan fingerprint density at radius 3 is 1.97 bits per heavy atom. The third-order valence-corrected chi connectivity index (χ3v) is 18.0. The maximum Gasteiger partial charge on any atom is 0.333 e. The number of rotatable bonds is 3. The van der Waals surface area contributed by atoms with Gasteiger partial charge in [0, 0.05) is 75.8 Å². The lowest BCUT2D eigenvalue weighted by Crippen LogP contribution is -2.61. The second kappa shape index (κ2) is 14.8. The van der Waals surface area contributed by atoms with Gasteiger partial charge in [0.2, 0.25) is 0 Å². The van der Waals surface area contributed by atoms with Gasteiger partial charge in [-0.3, -0.25) is 0 Å². The van der Waals surface area contributed by atoms with Crippen molar-refractivity contribution in [1.82, 2.24) is 0 Å². The van der Waals surface area contributed by atoms with Crippen LogP contribution in [0.5, 0.6) is 0 Å². The van der Waals surface area contributed by atoms with Crippen LogP contribution in [0.2, 0.25) is 0 Å². The number of benzene rings is 8. The molecule has 0 N–H and O–H groups in total. The van der Waals surface area contributed by atoms with E-state index in [9.17, 15) is 0 Å². The van der Waals surface area contributed by atoms with Crippen LogP contribution in [0, 0.1) is 0 Å². The Labute approximate surface area is 427 Å². The van der Waals surface area contributed by atoms with Gasteiger partial charge in [-0.25, -0.2) is 0 Å². The summed E-state index contributed by atoms with van der Waals surface area (Å²) in [5, 5.41) is 5.95. The Bertz CT molecular complexity index is 4080. The minimum atomic E-state index is -0.240. The van der Waals surface area contributed by atoms with Crippen LogP contribution >= 0.6 is 11.3 Å². The smallest absolute Gasteiger partial charge is 0.333 e. The summed E-state index contributed by atoms with van der Waals surface area (Å²) in [5.41, 5.74) is 21.3. The predicted octanol–water partition coefficient (Wildman–Crippen LogP) is 18.0. The van der Waals surface area contributed by atoms with Crippen LogP contribution in [0.15, 0.2) is 161 Å². The van der Waals surface area contributed by atoms with Gasteiger partial charge in [0.05, 0.1) is 12.0 Å². The highest BCUT2D eigenvalue weighted by atomic mass is 32.1. The second-order valence-corrected chi connectivity index (χ2v) is 25.5. The number of thiophene rings is 1. The van der Waals surface area contributed by atoms with Crippen molar-refractivity contribution in [2.45, 2.75) is 104 Å². The van der Waals surface area contributed by atoms with Crippen molar-refractivity contribution in [1.29, 1.82) is 0 Å². The van der Waals surface area contributed by atoms with Crippen LogP contribution in [0.3, 0.4) is 0 Å². The van der Waals surface area contributed by atoms with E-state index in [1.165, 1.54) is 88.6 Å². The van der Waals surface area contributed by atoms with Gasteiger partial charge in [0.1, 0.15) is 16.7 Å². The van der Waals surface area contributed by atoms with E-state index in [-0.39, 0.29) is 28.5 Å². The molecule has 11 aromatic rings. The fraction of sp³-hybridized carbons (Fsp3) is 0.242. The Kier molecular flexibility index (Phi) is 8.99. The minimum Gasteiger partial charge on any atom is -0.464 e. The summed E-state index contributed by atoms with van der Waals surface area (Å²) in [4.78, 5) is 5.22. The molecule has 6 heteroatoms. The lowest BCUT2D eigenvalue weighted by molar-refractivity contribution is 0.332. The highest BCUT2D eigenvalue weighted by Crippen LogP contribution is 2.55. The van der Waals surface area contributed by atoms with Crippen LogP contribution in [0.1, 0.15) is 104 Å². The fourth-order valence-corrected chi connectivity index (χ4v) is 13.8. The number of hydrogen-bond acceptors (Lipinski definition) is 5. The summed E-state index contributed by atoms with van der Waals surface area (Å²) in [6.45, 7) is 23.4. The normalized spacial score (nSPS) is 15.9. The summed E-state index contributed by atoms with van der Waals surface area (Å²) >= 11 is 1.94. The monoisotopic (exact) mass is 954 g/mol. The topological polar surface area (TPSA) is 32.8 Å². The van der Waals surface area contributed by atoms with Gasteiger partial charge in [0.15, 0.2) is 0 Å². The molecule has 1 aliphatic carbocycles.